The molecule has 0 aromatic heterocycles. The van der Waals surface area contributed by atoms with Crippen molar-refractivity contribution >= 4 is 0 Å². The first-order valence-corrected chi connectivity index (χ1v) is 6.99. The third-order valence-corrected chi connectivity index (χ3v) is 4.34. The molecule has 0 saturated carbocycles. The number of nitrogens with one attached hydrogen (secondary N) is 1. The van der Waals surface area contributed by atoms with E-state index in [2.05, 4.69) is 41.0 Å². The quantitative estimate of drug-likeness (QED) is 0.742. The number of rotatable bonds is 4. The van der Waals surface area contributed by atoms with Crippen molar-refractivity contribution in [1.29, 1.82) is 0 Å². The molecule has 4 nitrogen and oxygen atoms in total. The lowest BCUT2D eigenvalue weighted by atomic mass is 10.2. The SMILES string of the molecule is CC1CC(NCCN2CCN(C)CC2)CN1C. The average Bonchev–Trinajstić information content (AvgIpc) is 2.61. The smallest absolute Gasteiger partial charge is 0.0210 e. The van der Waals surface area contributed by atoms with Crippen molar-refractivity contribution < 1.29 is 0 Å². The molecule has 100 valence electrons. The predicted molar refractivity (Wildman–Crippen MR) is 72.4 cm³/mol. The molecule has 2 fully saturated rings. The molecule has 0 aromatic carbocycles. The highest BCUT2D eigenvalue weighted by Crippen LogP contribution is 2.14. The van der Waals surface area contributed by atoms with Crippen LogP contribution in [-0.2, 0) is 0 Å². The van der Waals surface area contributed by atoms with E-state index >= 15 is 0 Å². The fourth-order valence-corrected chi connectivity index (χ4v) is 2.84. The molecule has 4 heteroatoms. The number of likely N-dealkylation sites (N-methyl/N-ethyl adjacent to an activating group) is 2. The Kier molecular flexibility index (Phi) is 4.79. The molecule has 2 unspecified atom stereocenters. The third kappa shape index (κ3) is 3.91. The van der Waals surface area contributed by atoms with Crippen LogP contribution in [0.4, 0.5) is 0 Å². The van der Waals surface area contributed by atoms with Crippen molar-refractivity contribution in [3.8, 4) is 0 Å². The molecule has 0 aliphatic carbocycles. The van der Waals surface area contributed by atoms with Gasteiger partial charge in [-0.15, -0.1) is 0 Å². The number of likely N-dealkylation sites (tertiary alicyclic amines) is 1. The van der Waals surface area contributed by atoms with E-state index in [9.17, 15) is 0 Å². The maximum atomic E-state index is 3.70. The van der Waals surface area contributed by atoms with Crippen molar-refractivity contribution in [2.45, 2.75) is 25.4 Å². The molecule has 2 rings (SSSR count). The van der Waals surface area contributed by atoms with Gasteiger partial charge in [-0.2, -0.15) is 0 Å². The van der Waals surface area contributed by atoms with Gasteiger partial charge in [0.15, 0.2) is 0 Å². The van der Waals surface area contributed by atoms with Crippen LogP contribution in [-0.4, -0.2) is 86.7 Å². The van der Waals surface area contributed by atoms with Gasteiger partial charge >= 0.3 is 0 Å². The Labute approximate surface area is 106 Å². The first-order chi connectivity index (χ1) is 8.15. The van der Waals surface area contributed by atoms with E-state index in [4.69, 9.17) is 0 Å². The molecule has 2 heterocycles. The molecule has 0 bridgehead atoms. The first-order valence-electron chi connectivity index (χ1n) is 6.99. The van der Waals surface area contributed by atoms with E-state index in [-0.39, 0.29) is 0 Å². The van der Waals surface area contributed by atoms with Crippen LogP contribution >= 0.6 is 0 Å². The van der Waals surface area contributed by atoms with Gasteiger partial charge in [0.1, 0.15) is 0 Å². The van der Waals surface area contributed by atoms with Gasteiger partial charge in [-0.25, -0.2) is 0 Å². The largest absolute Gasteiger partial charge is 0.311 e. The second-order valence-corrected chi connectivity index (χ2v) is 5.82. The van der Waals surface area contributed by atoms with Crippen LogP contribution in [0.5, 0.6) is 0 Å². The minimum Gasteiger partial charge on any atom is -0.311 e. The summed E-state index contributed by atoms with van der Waals surface area (Å²) in [4.78, 5) is 7.44. The fourth-order valence-electron chi connectivity index (χ4n) is 2.84. The lowest BCUT2D eigenvalue weighted by Gasteiger charge is -2.32. The van der Waals surface area contributed by atoms with E-state index < -0.39 is 0 Å². The van der Waals surface area contributed by atoms with Crippen LogP contribution in [0.25, 0.3) is 0 Å². The van der Waals surface area contributed by atoms with Gasteiger partial charge < -0.3 is 15.1 Å². The van der Waals surface area contributed by atoms with Crippen molar-refractivity contribution in [2.75, 3.05) is 59.9 Å². The molecule has 0 radical (unpaired) electrons. The molecule has 17 heavy (non-hydrogen) atoms. The zero-order valence-electron chi connectivity index (χ0n) is 11.7. The minimum atomic E-state index is 0.711. The Balaban J connectivity index is 1.57. The van der Waals surface area contributed by atoms with Gasteiger partial charge in [0.05, 0.1) is 0 Å². The van der Waals surface area contributed by atoms with Crippen LogP contribution in [0.1, 0.15) is 13.3 Å². The number of hydrogen-bond donors (Lipinski definition) is 1. The maximum Gasteiger partial charge on any atom is 0.0210 e. The number of piperazine rings is 1. The summed E-state index contributed by atoms with van der Waals surface area (Å²) in [6.45, 7) is 10.8. The molecule has 2 atom stereocenters. The fraction of sp³-hybridized carbons (Fsp3) is 1.00. The lowest BCUT2D eigenvalue weighted by Crippen LogP contribution is -2.47. The van der Waals surface area contributed by atoms with Crippen LogP contribution < -0.4 is 5.32 Å². The van der Waals surface area contributed by atoms with E-state index in [1.165, 1.54) is 45.7 Å². The van der Waals surface area contributed by atoms with Crippen molar-refractivity contribution in [3.63, 3.8) is 0 Å². The molecule has 2 aliphatic rings. The average molecular weight is 240 g/mol. The summed E-state index contributed by atoms with van der Waals surface area (Å²) in [5, 5.41) is 3.70. The van der Waals surface area contributed by atoms with E-state index in [1.807, 2.05) is 0 Å². The Morgan fingerprint density at radius 3 is 2.41 bits per heavy atom. The Morgan fingerprint density at radius 2 is 1.82 bits per heavy atom. The standard InChI is InChI=1S/C13H28N4/c1-12-10-13(11-16(12)3)14-4-5-17-8-6-15(2)7-9-17/h12-14H,4-11H2,1-3H3. The van der Waals surface area contributed by atoms with Crippen molar-refractivity contribution in [3.05, 3.63) is 0 Å². The van der Waals surface area contributed by atoms with Crippen LogP contribution in [0.2, 0.25) is 0 Å². The van der Waals surface area contributed by atoms with Gasteiger partial charge in [-0.1, -0.05) is 0 Å². The summed E-state index contributed by atoms with van der Waals surface area (Å²) in [6.07, 6.45) is 1.30. The summed E-state index contributed by atoms with van der Waals surface area (Å²) in [6, 6.07) is 1.46. The summed E-state index contributed by atoms with van der Waals surface area (Å²) in [5.74, 6) is 0. The van der Waals surface area contributed by atoms with Crippen LogP contribution in [0.15, 0.2) is 0 Å². The van der Waals surface area contributed by atoms with Crippen LogP contribution in [0, 0.1) is 0 Å². The molecule has 2 aliphatic heterocycles. The van der Waals surface area contributed by atoms with Crippen molar-refractivity contribution in [2.24, 2.45) is 0 Å². The topological polar surface area (TPSA) is 21.8 Å². The van der Waals surface area contributed by atoms with E-state index in [0.717, 1.165) is 12.6 Å². The molecule has 0 aromatic rings. The molecule has 1 N–H and O–H groups in total. The Morgan fingerprint density at radius 1 is 1.12 bits per heavy atom. The predicted octanol–water partition coefficient (Wildman–Crippen LogP) is -0.0840. The lowest BCUT2D eigenvalue weighted by molar-refractivity contribution is 0.153. The maximum absolute atomic E-state index is 3.70. The molecular weight excluding hydrogens is 212 g/mol. The zero-order chi connectivity index (χ0) is 12.3. The van der Waals surface area contributed by atoms with Crippen LogP contribution in [0.3, 0.4) is 0 Å². The van der Waals surface area contributed by atoms with E-state index in [0.29, 0.717) is 6.04 Å². The number of hydrogen-bond acceptors (Lipinski definition) is 4. The molecule has 2 saturated heterocycles. The highest BCUT2D eigenvalue weighted by atomic mass is 15.3. The van der Waals surface area contributed by atoms with E-state index in [1.54, 1.807) is 0 Å². The monoisotopic (exact) mass is 240 g/mol. The third-order valence-electron chi connectivity index (χ3n) is 4.34. The Hall–Kier alpha value is -0.160. The summed E-state index contributed by atoms with van der Waals surface area (Å²) in [5.41, 5.74) is 0. The summed E-state index contributed by atoms with van der Waals surface area (Å²) < 4.78 is 0. The molecule has 0 amide bonds. The summed E-state index contributed by atoms with van der Waals surface area (Å²) in [7, 11) is 4.44. The minimum absolute atomic E-state index is 0.711. The second kappa shape index (κ2) is 6.14. The molecule has 0 spiro atoms. The van der Waals surface area contributed by atoms with Gasteiger partial charge in [-0.3, -0.25) is 4.90 Å². The zero-order valence-corrected chi connectivity index (χ0v) is 11.7. The highest BCUT2D eigenvalue weighted by Gasteiger charge is 2.25. The second-order valence-electron chi connectivity index (χ2n) is 5.82. The van der Waals surface area contributed by atoms with Gasteiger partial charge in [0.2, 0.25) is 0 Å². The highest BCUT2D eigenvalue weighted by molar-refractivity contribution is 4.85. The first kappa shape index (κ1) is 13.3. The molecular formula is C13H28N4. The van der Waals surface area contributed by atoms with Crippen molar-refractivity contribution in [1.82, 2.24) is 20.0 Å². The van der Waals surface area contributed by atoms with Gasteiger partial charge in [-0.05, 0) is 27.4 Å². The normalized spacial score (nSPS) is 33.4. The van der Waals surface area contributed by atoms with Gasteiger partial charge in [0.25, 0.3) is 0 Å². The van der Waals surface area contributed by atoms with Gasteiger partial charge in [0, 0.05) is 57.9 Å². The summed E-state index contributed by atoms with van der Waals surface area (Å²) >= 11 is 0. The Bertz CT molecular complexity index is 215. The number of nitrogens with zero attached hydrogens (tertiary/aromatic N) is 3.